The summed E-state index contributed by atoms with van der Waals surface area (Å²) in [6.45, 7) is 10.6. The van der Waals surface area contributed by atoms with Gasteiger partial charge < -0.3 is 14.7 Å². The predicted octanol–water partition coefficient (Wildman–Crippen LogP) is 2.86. The molecule has 1 aromatic rings. The molecule has 0 atom stereocenters. The monoisotopic (exact) mass is 395 g/mol. The normalized spacial score (nSPS) is 18.3. The fourth-order valence-electron chi connectivity index (χ4n) is 3.81. The Morgan fingerprint density at radius 1 is 0.963 bits per heavy atom. The average molecular weight is 396 g/mol. The van der Waals surface area contributed by atoms with E-state index in [1.54, 1.807) is 9.58 Å². The summed E-state index contributed by atoms with van der Waals surface area (Å²) in [5, 5.41) is 4.85. The summed E-state index contributed by atoms with van der Waals surface area (Å²) in [5.41, 5.74) is 1.16. The minimum atomic E-state index is -0.0856. The Labute approximate surface area is 166 Å². The lowest BCUT2D eigenvalue weighted by molar-refractivity contribution is 0.0632. The van der Waals surface area contributed by atoms with E-state index in [0.29, 0.717) is 55.1 Å². The molecule has 0 aliphatic carbocycles. The van der Waals surface area contributed by atoms with E-state index in [1.165, 1.54) is 6.42 Å². The second kappa shape index (κ2) is 8.50. The van der Waals surface area contributed by atoms with Crippen molar-refractivity contribution < 1.29 is 9.59 Å². The number of hydrogen-bond donors (Lipinski definition) is 0. The molecule has 0 aromatic carbocycles. The number of rotatable bonds is 3. The van der Waals surface area contributed by atoms with E-state index in [2.05, 4.69) is 18.9 Å². The molecular weight excluding hydrogens is 366 g/mol. The zero-order valence-electron chi connectivity index (χ0n) is 16.6. The third-order valence-electron chi connectivity index (χ3n) is 5.28. The van der Waals surface area contributed by atoms with Gasteiger partial charge in [0.2, 0.25) is 0 Å². The van der Waals surface area contributed by atoms with Crippen LogP contribution in [0.5, 0.6) is 0 Å². The summed E-state index contributed by atoms with van der Waals surface area (Å²) in [6.07, 6.45) is 3.38. The number of nitrogens with zero attached hydrogens (tertiary/aromatic N) is 5. The van der Waals surface area contributed by atoms with Crippen LogP contribution in [0.25, 0.3) is 0 Å². The van der Waals surface area contributed by atoms with Crippen LogP contribution in [0.3, 0.4) is 0 Å². The molecular formula is C19H30ClN5O2. The lowest BCUT2D eigenvalue weighted by Gasteiger charge is -2.38. The molecule has 2 aliphatic rings. The molecule has 1 aromatic heterocycles. The van der Waals surface area contributed by atoms with Gasteiger partial charge in [-0.25, -0.2) is 4.79 Å². The first-order valence-electron chi connectivity index (χ1n) is 9.94. The molecule has 0 saturated carbocycles. The Morgan fingerprint density at radius 3 is 2.11 bits per heavy atom. The molecule has 0 N–H and O–H groups in total. The molecule has 150 valence electrons. The first-order chi connectivity index (χ1) is 12.9. The van der Waals surface area contributed by atoms with Crippen LogP contribution in [0.15, 0.2) is 0 Å². The summed E-state index contributed by atoms with van der Waals surface area (Å²) in [5.74, 6) is 0.312. The molecule has 2 fully saturated rings. The molecule has 3 amide bonds. The molecule has 0 spiro atoms. The van der Waals surface area contributed by atoms with Crippen molar-refractivity contribution in [3.8, 4) is 0 Å². The molecule has 0 radical (unpaired) electrons. The first-order valence-corrected chi connectivity index (χ1v) is 10.3. The second-order valence-corrected chi connectivity index (χ2v) is 8.29. The zero-order valence-corrected chi connectivity index (χ0v) is 17.3. The van der Waals surface area contributed by atoms with Gasteiger partial charge >= 0.3 is 6.03 Å². The van der Waals surface area contributed by atoms with Crippen LogP contribution in [0.2, 0.25) is 5.15 Å². The Balaban J connectivity index is 1.62. The summed E-state index contributed by atoms with van der Waals surface area (Å²) >= 11 is 6.45. The summed E-state index contributed by atoms with van der Waals surface area (Å²) in [4.78, 5) is 31.2. The quantitative estimate of drug-likeness (QED) is 0.790. The van der Waals surface area contributed by atoms with Crippen molar-refractivity contribution >= 4 is 23.5 Å². The highest BCUT2D eigenvalue weighted by Gasteiger charge is 2.31. The van der Waals surface area contributed by atoms with Crippen molar-refractivity contribution in [1.29, 1.82) is 0 Å². The van der Waals surface area contributed by atoms with Crippen molar-refractivity contribution in [2.75, 3.05) is 39.3 Å². The number of piperidine rings is 1. The van der Waals surface area contributed by atoms with Gasteiger partial charge in [0.25, 0.3) is 5.91 Å². The minimum absolute atomic E-state index is 0.0856. The van der Waals surface area contributed by atoms with Crippen LogP contribution in [0.4, 0.5) is 4.79 Å². The highest BCUT2D eigenvalue weighted by Crippen LogP contribution is 2.23. The number of carbonyl (C=O) groups excluding carboxylic acids is 2. The van der Waals surface area contributed by atoms with E-state index in [1.807, 2.05) is 16.7 Å². The SMILES string of the molecule is Cc1nn(CC(C)C)c(Cl)c1C(=O)N1CCN(C(=O)N2CCCCC2)CC1. The molecule has 3 rings (SSSR count). The van der Waals surface area contributed by atoms with Gasteiger partial charge in [0.15, 0.2) is 0 Å². The van der Waals surface area contributed by atoms with Gasteiger partial charge in [-0.3, -0.25) is 9.48 Å². The number of piperazine rings is 1. The molecule has 0 bridgehead atoms. The summed E-state index contributed by atoms with van der Waals surface area (Å²) in [6, 6.07) is 0.112. The van der Waals surface area contributed by atoms with Crippen LogP contribution < -0.4 is 0 Å². The first kappa shape index (κ1) is 20.0. The number of likely N-dealkylation sites (tertiary alicyclic amines) is 1. The topological polar surface area (TPSA) is 61.7 Å². The zero-order chi connectivity index (χ0) is 19.6. The van der Waals surface area contributed by atoms with Crippen LogP contribution >= 0.6 is 11.6 Å². The van der Waals surface area contributed by atoms with Gasteiger partial charge in [-0.05, 0) is 32.1 Å². The molecule has 7 nitrogen and oxygen atoms in total. The van der Waals surface area contributed by atoms with Crippen molar-refractivity contribution in [3.05, 3.63) is 16.4 Å². The average Bonchev–Trinajstić information content (AvgIpc) is 2.94. The van der Waals surface area contributed by atoms with Gasteiger partial charge in [-0.2, -0.15) is 5.10 Å². The van der Waals surface area contributed by atoms with E-state index in [9.17, 15) is 9.59 Å². The molecule has 0 unspecified atom stereocenters. The maximum absolute atomic E-state index is 13.0. The van der Waals surface area contributed by atoms with Gasteiger partial charge in [0.1, 0.15) is 5.15 Å². The highest BCUT2D eigenvalue weighted by molar-refractivity contribution is 6.33. The number of hydrogen-bond acceptors (Lipinski definition) is 3. The second-order valence-electron chi connectivity index (χ2n) is 7.94. The van der Waals surface area contributed by atoms with Gasteiger partial charge in [0.05, 0.1) is 11.3 Å². The van der Waals surface area contributed by atoms with E-state index in [4.69, 9.17) is 11.6 Å². The Hall–Kier alpha value is -1.76. The fraction of sp³-hybridized carbons (Fsp3) is 0.737. The standard InChI is InChI=1S/C19H30ClN5O2/c1-14(2)13-25-17(20)16(15(3)21-25)18(26)22-9-11-24(12-10-22)19(27)23-7-5-4-6-8-23/h14H,4-13H2,1-3H3. The number of aromatic nitrogens is 2. The van der Waals surface area contributed by atoms with E-state index < -0.39 is 0 Å². The van der Waals surface area contributed by atoms with Crippen molar-refractivity contribution in [2.45, 2.75) is 46.6 Å². The lowest BCUT2D eigenvalue weighted by Crippen LogP contribution is -2.54. The van der Waals surface area contributed by atoms with Crippen LogP contribution in [-0.2, 0) is 6.54 Å². The van der Waals surface area contributed by atoms with Crippen molar-refractivity contribution in [3.63, 3.8) is 0 Å². The minimum Gasteiger partial charge on any atom is -0.335 e. The van der Waals surface area contributed by atoms with Crippen LogP contribution in [0.1, 0.15) is 49.2 Å². The molecule has 3 heterocycles. The maximum atomic E-state index is 13.0. The third-order valence-corrected chi connectivity index (χ3v) is 5.67. The molecule has 2 saturated heterocycles. The Morgan fingerprint density at radius 2 is 1.52 bits per heavy atom. The van der Waals surface area contributed by atoms with Crippen molar-refractivity contribution in [1.82, 2.24) is 24.5 Å². The van der Waals surface area contributed by atoms with Crippen molar-refractivity contribution in [2.24, 2.45) is 5.92 Å². The largest absolute Gasteiger partial charge is 0.335 e. The molecule has 27 heavy (non-hydrogen) atoms. The number of urea groups is 1. The third kappa shape index (κ3) is 4.39. The highest BCUT2D eigenvalue weighted by atomic mass is 35.5. The number of halogens is 1. The molecule has 8 heteroatoms. The Bertz CT molecular complexity index is 689. The number of carbonyl (C=O) groups is 2. The number of amides is 3. The van der Waals surface area contributed by atoms with E-state index in [0.717, 1.165) is 25.9 Å². The maximum Gasteiger partial charge on any atom is 0.320 e. The summed E-state index contributed by atoms with van der Waals surface area (Å²) < 4.78 is 1.71. The fourth-order valence-corrected chi connectivity index (χ4v) is 4.13. The smallest absolute Gasteiger partial charge is 0.320 e. The van der Waals surface area contributed by atoms with Gasteiger partial charge in [-0.1, -0.05) is 25.4 Å². The van der Waals surface area contributed by atoms with Gasteiger partial charge in [0, 0.05) is 45.8 Å². The van der Waals surface area contributed by atoms with Crippen LogP contribution in [-0.4, -0.2) is 75.7 Å². The predicted molar refractivity (Wildman–Crippen MR) is 105 cm³/mol. The summed E-state index contributed by atoms with van der Waals surface area (Å²) in [7, 11) is 0. The Kier molecular flexibility index (Phi) is 6.29. The van der Waals surface area contributed by atoms with E-state index >= 15 is 0 Å². The van der Waals surface area contributed by atoms with Gasteiger partial charge in [-0.15, -0.1) is 0 Å². The van der Waals surface area contributed by atoms with E-state index in [-0.39, 0.29) is 11.9 Å². The van der Waals surface area contributed by atoms with Crippen LogP contribution in [0, 0.1) is 12.8 Å². The lowest BCUT2D eigenvalue weighted by atomic mass is 10.1. The molecule has 2 aliphatic heterocycles. The number of aryl methyl sites for hydroxylation is 1.